The van der Waals surface area contributed by atoms with Crippen molar-refractivity contribution in [1.29, 1.82) is 0 Å². The number of aryl methyl sites for hydroxylation is 1. The number of sulfonamides is 1. The molecule has 1 rings (SSSR count). The third-order valence-corrected chi connectivity index (χ3v) is 3.95. The first kappa shape index (κ1) is 16.9. The Balaban J connectivity index is 2.51. The lowest BCUT2D eigenvalue weighted by Gasteiger charge is -2.06. The first-order valence-corrected chi connectivity index (χ1v) is 7.89. The fourth-order valence-corrected chi connectivity index (χ4v) is 2.62. The average Bonchev–Trinajstić information content (AvgIpc) is 2.76. The quantitative estimate of drug-likeness (QED) is 0.580. The lowest BCUT2D eigenvalue weighted by Crippen LogP contribution is -2.28. The van der Waals surface area contributed by atoms with Crippen LogP contribution in [0.15, 0.2) is 11.1 Å². The van der Waals surface area contributed by atoms with Crippen LogP contribution in [0.25, 0.3) is 0 Å². The Morgan fingerprint density at radius 2 is 2.15 bits per heavy atom. The summed E-state index contributed by atoms with van der Waals surface area (Å²) in [4.78, 5) is 0.00263. The van der Waals surface area contributed by atoms with Gasteiger partial charge in [-0.25, -0.2) is 13.1 Å². The topological polar surface area (TPSA) is 108 Å². The molecule has 116 valence electrons. The van der Waals surface area contributed by atoms with Gasteiger partial charge in [0, 0.05) is 26.4 Å². The van der Waals surface area contributed by atoms with Crippen molar-refractivity contribution < 1.29 is 17.9 Å². The summed E-state index contributed by atoms with van der Waals surface area (Å²) in [6, 6.07) is 0. The number of nitrogen functional groups attached to an aromatic ring is 1. The molecule has 8 nitrogen and oxygen atoms in total. The molecule has 1 heterocycles. The number of hydrogen-bond acceptors (Lipinski definition) is 6. The summed E-state index contributed by atoms with van der Waals surface area (Å²) in [7, 11) is -2.08. The van der Waals surface area contributed by atoms with Crippen LogP contribution in [0.1, 0.15) is 13.3 Å². The van der Waals surface area contributed by atoms with Crippen molar-refractivity contribution in [3.8, 4) is 0 Å². The summed E-state index contributed by atoms with van der Waals surface area (Å²) in [6.45, 7) is 3.94. The number of hydrogen-bond donors (Lipinski definition) is 2. The van der Waals surface area contributed by atoms with Gasteiger partial charge < -0.3 is 15.2 Å². The van der Waals surface area contributed by atoms with Gasteiger partial charge >= 0.3 is 0 Å². The molecule has 1 aromatic rings. The van der Waals surface area contributed by atoms with Crippen LogP contribution in [-0.2, 0) is 26.0 Å². The highest BCUT2D eigenvalue weighted by atomic mass is 32.2. The predicted molar refractivity (Wildman–Crippen MR) is 74.8 cm³/mol. The minimum absolute atomic E-state index is 0.00263. The molecule has 20 heavy (non-hydrogen) atoms. The maximum atomic E-state index is 12.0. The fourth-order valence-electron chi connectivity index (χ4n) is 1.54. The molecule has 0 spiro atoms. The maximum Gasteiger partial charge on any atom is 0.245 e. The fraction of sp³-hybridized carbons (Fsp3) is 0.727. The predicted octanol–water partition coefficient (Wildman–Crippen LogP) is -0.183. The van der Waals surface area contributed by atoms with Gasteiger partial charge in [0.25, 0.3) is 0 Å². The second-order valence-electron chi connectivity index (χ2n) is 4.14. The Bertz CT molecular complexity index is 501. The number of ether oxygens (including phenoxy) is 2. The molecule has 0 fully saturated rings. The number of nitrogens with zero attached hydrogens (tertiary/aromatic N) is 2. The van der Waals surface area contributed by atoms with Gasteiger partial charge in [-0.05, 0) is 6.42 Å². The van der Waals surface area contributed by atoms with E-state index in [0.717, 1.165) is 6.42 Å². The molecule has 0 saturated heterocycles. The zero-order valence-corrected chi connectivity index (χ0v) is 12.6. The normalized spacial score (nSPS) is 11.9. The molecule has 0 amide bonds. The molecule has 3 N–H and O–H groups in total. The van der Waals surface area contributed by atoms with E-state index in [9.17, 15) is 8.42 Å². The third-order valence-electron chi connectivity index (χ3n) is 2.47. The van der Waals surface area contributed by atoms with E-state index < -0.39 is 10.0 Å². The molecule has 0 aliphatic carbocycles. The van der Waals surface area contributed by atoms with Crippen LogP contribution in [0.4, 0.5) is 5.82 Å². The number of methoxy groups -OCH3 is 1. The summed E-state index contributed by atoms with van der Waals surface area (Å²) in [6.07, 6.45) is 2.29. The van der Waals surface area contributed by atoms with E-state index in [1.165, 1.54) is 10.9 Å². The van der Waals surface area contributed by atoms with Crippen molar-refractivity contribution in [1.82, 2.24) is 14.5 Å². The van der Waals surface area contributed by atoms with E-state index in [2.05, 4.69) is 9.82 Å². The largest absolute Gasteiger partial charge is 0.382 e. The van der Waals surface area contributed by atoms with Crippen molar-refractivity contribution in [3.63, 3.8) is 0 Å². The van der Waals surface area contributed by atoms with Gasteiger partial charge in [0.05, 0.1) is 19.8 Å². The lowest BCUT2D eigenvalue weighted by molar-refractivity contribution is 0.0736. The highest BCUT2D eigenvalue weighted by Gasteiger charge is 2.20. The second kappa shape index (κ2) is 8.20. The highest BCUT2D eigenvalue weighted by Crippen LogP contribution is 2.15. The molecule has 0 bridgehead atoms. The molecule has 0 unspecified atom stereocenters. The standard InChI is InChI=1S/C11H22N4O4S/c1-3-5-15-9-10(11(12)14-15)20(16,17)13-4-6-19-8-7-18-2/h9,13H,3-8H2,1-2H3,(H2,12,14). The zero-order chi connectivity index (χ0) is 15.0. The van der Waals surface area contributed by atoms with Crippen LogP contribution in [-0.4, -0.2) is 51.7 Å². The number of rotatable bonds is 10. The van der Waals surface area contributed by atoms with E-state index in [4.69, 9.17) is 15.2 Å². The first-order chi connectivity index (χ1) is 9.51. The van der Waals surface area contributed by atoms with Gasteiger partial charge in [-0.3, -0.25) is 4.68 Å². The molecule has 1 aromatic heterocycles. The van der Waals surface area contributed by atoms with Crippen molar-refractivity contribution in [2.45, 2.75) is 24.8 Å². The summed E-state index contributed by atoms with van der Waals surface area (Å²) in [5, 5.41) is 3.96. The maximum absolute atomic E-state index is 12.0. The minimum Gasteiger partial charge on any atom is -0.382 e. The SMILES string of the molecule is CCCn1cc(S(=O)(=O)NCCOCCOC)c(N)n1. The Hall–Kier alpha value is -1.16. The van der Waals surface area contributed by atoms with Crippen LogP contribution in [0, 0.1) is 0 Å². The average molecular weight is 306 g/mol. The van der Waals surface area contributed by atoms with Gasteiger partial charge in [0.2, 0.25) is 10.0 Å². The second-order valence-corrected chi connectivity index (χ2v) is 5.88. The minimum atomic E-state index is -3.65. The van der Waals surface area contributed by atoms with Crippen LogP contribution in [0.3, 0.4) is 0 Å². The van der Waals surface area contributed by atoms with Crippen LogP contribution in [0.5, 0.6) is 0 Å². The van der Waals surface area contributed by atoms with Gasteiger partial charge in [-0.15, -0.1) is 0 Å². The van der Waals surface area contributed by atoms with E-state index in [1.807, 2.05) is 6.92 Å². The molecule has 0 aliphatic heterocycles. The molecular formula is C11H22N4O4S. The monoisotopic (exact) mass is 306 g/mol. The number of anilines is 1. The third kappa shape index (κ3) is 5.08. The van der Waals surface area contributed by atoms with Gasteiger partial charge in [-0.2, -0.15) is 5.10 Å². The van der Waals surface area contributed by atoms with Gasteiger partial charge in [-0.1, -0.05) is 6.92 Å². The molecule has 0 aromatic carbocycles. The van der Waals surface area contributed by atoms with Gasteiger partial charge in [0.15, 0.2) is 5.82 Å². The van der Waals surface area contributed by atoms with Crippen molar-refractivity contribution in [2.75, 3.05) is 39.2 Å². The summed E-state index contributed by atoms with van der Waals surface area (Å²) in [5.41, 5.74) is 5.63. The molecule has 0 aliphatic rings. The number of nitrogens with two attached hydrogens (primary N) is 1. The van der Waals surface area contributed by atoms with E-state index >= 15 is 0 Å². The zero-order valence-electron chi connectivity index (χ0n) is 11.8. The van der Waals surface area contributed by atoms with Crippen molar-refractivity contribution in [2.24, 2.45) is 0 Å². The summed E-state index contributed by atoms with van der Waals surface area (Å²) < 4.78 is 38.0. The van der Waals surface area contributed by atoms with Crippen LogP contribution in [0.2, 0.25) is 0 Å². The molecule has 0 radical (unpaired) electrons. The first-order valence-electron chi connectivity index (χ1n) is 6.40. The summed E-state index contributed by atoms with van der Waals surface area (Å²) in [5.74, 6) is 0.00579. The van der Waals surface area contributed by atoms with E-state index in [1.54, 1.807) is 7.11 Å². The number of aromatic nitrogens is 2. The van der Waals surface area contributed by atoms with Crippen molar-refractivity contribution in [3.05, 3.63) is 6.20 Å². The number of nitrogens with one attached hydrogen (secondary N) is 1. The smallest absolute Gasteiger partial charge is 0.245 e. The van der Waals surface area contributed by atoms with Gasteiger partial charge in [0.1, 0.15) is 4.90 Å². The van der Waals surface area contributed by atoms with Crippen LogP contribution >= 0.6 is 0 Å². The van der Waals surface area contributed by atoms with Crippen LogP contribution < -0.4 is 10.5 Å². The van der Waals surface area contributed by atoms with Crippen molar-refractivity contribution >= 4 is 15.8 Å². The Kier molecular flexibility index (Phi) is 6.93. The Morgan fingerprint density at radius 1 is 1.40 bits per heavy atom. The lowest BCUT2D eigenvalue weighted by atomic mass is 10.5. The Labute approximate surface area is 119 Å². The Morgan fingerprint density at radius 3 is 2.80 bits per heavy atom. The summed E-state index contributed by atoms with van der Waals surface area (Å²) >= 11 is 0. The molecule has 0 saturated carbocycles. The molecular weight excluding hydrogens is 284 g/mol. The van der Waals surface area contributed by atoms with E-state index in [-0.39, 0.29) is 23.9 Å². The molecule has 9 heteroatoms. The molecule has 0 atom stereocenters. The highest BCUT2D eigenvalue weighted by molar-refractivity contribution is 7.89. The van der Waals surface area contributed by atoms with E-state index in [0.29, 0.717) is 19.8 Å².